The first-order chi connectivity index (χ1) is 33.6. The number of nitrogens with one attached hydrogen (secondary N) is 6. The number of aliphatic hydroxyl groups is 1. The summed E-state index contributed by atoms with van der Waals surface area (Å²) in [4.78, 5) is 128. The maximum atomic E-state index is 14.8. The molecule has 8 amide bonds. The first-order valence-electron chi connectivity index (χ1n) is 24.1. The molecule has 2 rings (SSSR count). The van der Waals surface area contributed by atoms with Crippen LogP contribution in [0, 0.1) is 17.8 Å². The molecule has 0 saturated heterocycles. The quantitative estimate of drug-likeness (QED) is 0.0322. The number of carbonyl (C=O) groups excluding carboxylic acids is 8. The van der Waals surface area contributed by atoms with Gasteiger partial charge in [0.05, 0.1) is 13.0 Å². The van der Waals surface area contributed by atoms with Crippen LogP contribution in [0.15, 0.2) is 60.7 Å². The highest BCUT2D eigenvalue weighted by Gasteiger charge is 2.37. The number of benzene rings is 2. The van der Waals surface area contributed by atoms with E-state index in [0.29, 0.717) is 43.4 Å². The average Bonchev–Trinajstić information content (AvgIpc) is 3.34. The van der Waals surface area contributed by atoms with Crippen molar-refractivity contribution in [2.45, 2.75) is 142 Å². The van der Waals surface area contributed by atoms with Gasteiger partial charge in [-0.3, -0.25) is 43.2 Å². The Hall–Kier alpha value is -6.49. The predicted molar refractivity (Wildman–Crippen MR) is 262 cm³/mol. The molecular formula is C49H76N10O12. The van der Waals surface area contributed by atoms with E-state index in [2.05, 4.69) is 31.9 Å². The zero-order valence-corrected chi connectivity index (χ0v) is 41.7. The fraction of sp³-hybridized carbons (Fsp3) is 0.571. The van der Waals surface area contributed by atoms with Crippen LogP contribution in [0.5, 0.6) is 0 Å². The minimum atomic E-state index is -1.71. The highest BCUT2D eigenvalue weighted by molar-refractivity contribution is 5.98. The summed E-state index contributed by atoms with van der Waals surface area (Å²) in [5.41, 5.74) is 18.1. The van der Waals surface area contributed by atoms with Gasteiger partial charge in [0, 0.05) is 6.42 Å². The van der Waals surface area contributed by atoms with Crippen molar-refractivity contribution in [1.82, 2.24) is 37.0 Å². The van der Waals surface area contributed by atoms with E-state index < -0.39 is 127 Å². The Labute approximate surface area is 415 Å². The molecule has 0 aromatic heterocycles. The molecule has 22 nitrogen and oxygen atoms in total. The van der Waals surface area contributed by atoms with Crippen LogP contribution in [0.25, 0.3) is 0 Å². The number of primary amides is 1. The van der Waals surface area contributed by atoms with Crippen molar-refractivity contribution in [3.8, 4) is 0 Å². The number of hydrogen-bond donors (Lipinski definition) is 11. The highest BCUT2D eigenvalue weighted by atomic mass is 16.7. The van der Waals surface area contributed by atoms with E-state index in [0.717, 1.165) is 5.06 Å². The Kier molecular flexibility index (Phi) is 27.1. The molecular weight excluding hydrogens is 921 g/mol. The largest absolute Gasteiger partial charge is 0.480 e. The van der Waals surface area contributed by atoms with Crippen LogP contribution in [0.3, 0.4) is 0 Å². The lowest BCUT2D eigenvalue weighted by molar-refractivity contribution is -0.195. The number of nitrogens with two attached hydrogens (primary N) is 3. The van der Waals surface area contributed by atoms with Crippen LogP contribution in [0.4, 0.5) is 0 Å². The van der Waals surface area contributed by atoms with Crippen molar-refractivity contribution >= 4 is 53.2 Å². The van der Waals surface area contributed by atoms with Gasteiger partial charge in [0.25, 0.3) is 5.91 Å². The van der Waals surface area contributed by atoms with Gasteiger partial charge in [-0.1, -0.05) is 115 Å². The summed E-state index contributed by atoms with van der Waals surface area (Å²) in [5, 5.41) is 35.4. The molecule has 9 atom stereocenters. The standard InChI is InChI=1S/C49H76N10O12/c1-7-30(5)41(58-47(67)42(31(6)8-2)57-43(63)34(51)27-60)46(66)54-36(25-39(52)61)45(65)55-37(24-32-17-11-9-12-18-32)48(68)59(71-28-33-19-13-10-14-20-33)26-40(62)53-35(21-15-16-22-50)44(64)56-38(49(69)70)23-29(3)4/h9-14,17-20,29-31,34-38,41-42,60H,7-8,15-16,21-28,50-51H2,1-6H3,(H2,52,61)(H,53,62)(H,54,66)(H,55,65)(H,56,64)(H,57,63)(H,58,67)(H,69,70)/t30-,31-,34-,35-,36-,37-,38-,41-,42-/m0/s1. The van der Waals surface area contributed by atoms with Gasteiger partial charge in [-0.05, 0) is 61.1 Å². The number of carboxylic acid groups (broad SMARTS) is 1. The molecule has 2 aromatic carbocycles. The number of carbonyl (C=O) groups is 9. The van der Waals surface area contributed by atoms with Crippen LogP contribution < -0.4 is 49.1 Å². The summed E-state index contributed by atoms with van der Waals surface area (Å²) in [6, 6.07) is 7.58. The van der Waals surface area contributed by atoms with Crippen molar-refractivity contribution in [2.75, 3.05) is 19.7 Å². The van der Waals surface area contributed by atoms with E-state index in [1.165, 1.54) is 0 Å². The molecule has 0 radical (unpaired) electrons. The summed E-state index contributed by atoms with van der Waals surface area (Å²) in [7, 11) is 0. The number of hydrogen-bond acceptors (Lipinski definition) is 13. The Morgan fingerprint density at radius 1 is 0.648 bits per heavy atom. The number of rotatable bonds is 33. The Balaban J connectivity index is 2.56. The highest BCUT2D eigenvalue weighted by Crippen LogP contribution is 2.15. The maximum absolute atomic E-state index is 14.8. The van der Waals surface area contributed by atoms with Crippen LogP contribution >= 0.6 is 0 Å². The van der Waals surface area contributed by atoms with E-state index in [-0.39, 0.29) is 31.8 Å². The van der Waals surface area contributed by atoms with Crippen molar-refractivity contribution in [3.05, 3.63) is 71.8 Å². The zero-order chi connectivity index (χ0) is 53.2. The topological polar surface area (TPSA) is 357 Å². The van der Waals surface area contributed by atoms with Gasteiger partial charge in [0.2, 0.25) is 41.4 Å². The molecule has 0 bridgehead atoms. The Morgan fingerprint density at radius 2 is 1.15 bits per heavy atom. The first-order valence-corrected chi connectivity index (χ1v) is 24.1. The van der Waals surface area contributed by atoms with Crippen molar-refractivity contribution < 1.29 is 58.2 Å². The van der Waals surface area contributed by atoms with Crippen LogP contribution in [-0.4, -0.2) is 130 Å². The number of nitrogens with zero attached hydrogens (tertiary/aromatic N) is 1. The molecule has 0 saturated carbocycles. The van der Waals surface area contributed by atoms with Crippen LogP contribution in [0.1, 0.15) is 97.6 Å². The lowest BCUT2D eigenvalue weighted by Crippen LogP contribution is -2.61. The maximum Gasteiger partial charge on any atom is 0.326 e. The molecule has 394 valence electrons. The van der Waals surface area contributed by atoms with Crippen molar-refractivity contribution in [1.29, 1.82) is 0 Å². The lowest BCUT2D eigenvalue weighted by atomic mass is 9.94. The second kappa shape index (κ2) is 31.7. The number of carboxylic acids is 1. The number of amides is 8. The molecule has 0 heterocycles. The molecule has 0 aliphatic rings. The summed E-state index contributed by atoms with van der Waals surface area (Å²) >= 11 is 0. The third kappa shape index (κ3) is 21.6. The molecule has 71 heavy (non-hydrogen) atoms. The van der Waals surface area contributed by atoms with Gasteiger partial charge >= 0.3 is 5.97 Å². The van der Waals surface area contributed by atoms with Crippen LogP contribution in [-0.2, 0) is 61.0 Å². The molecule has 0 unspecified atom stereocenters. The Bertz CT molecular complexity index is 2050. The second-order valence-corrected chi connectivity index (χ2v) is 18.1. The summed E-state index contributed by atoms with van der Waals surface area (Å²) in [5.74, 6) is -9.42. The van der Waals surface area contributed by atoms with Gasteiger partial charge < -0.3 is 59.3 Å². The minimum Gasteiger partial charge on any atom is -0.480 e. The summed E-state index contributed by atoms with van der Waals surface area (Å²) in [6.07, 6.45) is 0.911. The molecule has 14 N–H and O–H groups in total. The molecule has 0 spiro atoms. The van der Waals surface area contributed by atoms with Crippen LogP contribution in [0.2, 0.25) is 0 Å². The zero-order valence-electron chi connectivity index (χ0n) is 41.7. The van der Waals surface area contributed by atoms with Gasteiger partial charge in [-0.25, -0.2) is 9.86 Å². The van der Waals surface area contributed by atoms with Gasteiger partial charge in [0.15, 0.2) is 0 Å². The number of hydroxylamine groups is 2. The number of aliphatic carboxylic acids is 1. The normalized spacial score (nSPS) is 15.0. The third-order valence-electron chi connectivity index (χ3n) is 11.7. The van der Waals surface area contributed by atoms with E-state index >= 15 is 0 Å². The number of aliphatic hydroxyl groups excluding tert-OH is 1. The van der Waals surface area contributed by atoms with Crippen molar-refractivity contribution in [2.24, 2.45) is 35.0 Å². The molecule has 0 fully saturated rings. The predicted octanol–water partition coefficient (Wildman–Crippen LogP) is -0.355. The monoisotopic (exact) mass is 997 g/mol. The summed E-state index contributed by atoms with van der Waals surface area (Å²) in [6.45, 7) is 9.05. The van der Waals surface area contributed by atoms with Gasteiger partial charge in [-0.15, -0.1) is 0 Å². The molecule has 0 aliphatic carbocycles. The smallest absolute Gasteiger partial charge is 0.326 e. The fourth-order valence-corrected chi connectivity index (χ4v) is 7.17. The third-order valence-corrected chi connectivity index (χ3v) is 11.7. The average molecular weight is 997 g/mol. The molecule has 22 heteroatoms. The second-order valence-electron chi connectivity index (χ2n) is 18.1. The molecule has 0 aliphatic heterocycles. The van der Waals surface area contributed by atoms with E-state index in [4.69, 9.17) is 22.0 Å². The lowest BCUT2D eigenvalue weighted by Gasteiger charge is -2.31. The number of unbranched alkanes of at least 4 members (excludes halogenated alkanes) is 1. The molecule has 2 aromatic rings. The first kappa shape index (κ1) is 60.6. The van der Waals surface area contributed by atoms with E-state index in [9.17, 15) is 53.4 Å². The summed E-state index contributed by atoms with van der Waals surface area (Å²) < 4.78 is 0. The van der Waals surface area contributed by atoms with E-state index in [1.807, 2.05) is 0 Å². The van der Waals surface area contributed by atoms with Gasteiger partial charge in [0.1, 0.15) is 55.4 Å². The Morgan fingerprint density at radius 3 is 1.66 bits per heavy atom. The van der Waals surface area contributed by atoms with Crippen molar-refractivity contribution in [3.63, 3.8) is 0 Å². The van der Waals surface area contributed by atoms with Gasteiger partial charge in [-0.2, -0.15) is 0 Å². The van der Waals surface area contributed by atoms with E-state index in [1.54, 1.807) is 102 Å². The SMILES string of the molecule is CC[C@H](C)[C@H](NC(=O)[C@@H](NC(=O)[C@@H](N)CO)[C@@H](C)CC)C(=O)N[C@@H](CC(N)=O)C(=O)N[C@@H](Cc1ccccc1)C(=O)N(CC(=O)N[C@@H](CCCCN)C(=O)N[C@@H](CC(C)C)C(=O)O)OCc1ccccc1. The minimum absolute atomic E-state index is 0.0805. The fourth-order valence-electron chi connectivity index (χ4n) is 7.17.